The first-order chi connectivity index (χ1) is 6.22. The number of rotatable bonds is 5. The summed E-state index contributed by atoms with van der Waals surface area (Å²) in [4.78, 5) is 13.0. The highest BCUT2D eigenvalue weighted by Gasteiger charge is 2.26. The molecule has 0 aromatic heterocycles. The molecule has 1 saturated carbocycles. The number of primary amides is 1. The number of hydrogen-bond donors (Lipinski definition) is 1. The highest BCUT2D eigenvalue weighted by molar-refractivity contribution is 5.64. The van der Waals surface area contributed by atoms with E-state index in [2.05, 4.69) is 10.0 Å². The minimum Gasteiger partial charge on any atom is -0.446 e. The van der Waals surface area contributed by atoms with Crippen molar-refractivity contribution in [3.05, 3.63) is 10.4 Å². The third-order valence-corrected chi connectivity index (χ3v) is 1.92. The van der Waals surface area contributed by atoms with Gasteiger partial charge >= 0.3 is 6.09 Å². The molecule has 1 amide bonds. The second-order valence-electron chi connectivity index (χ2n) is 3.15. The summed E-state index contributed by atoms with van der Waals surface area (Å²) in [7, 11) is 0. The maximum atomic E-state index is 10.4. The van der Waals surface area contributed by atoms with Crippen LogP contribution in [0.25, 0.3) is 10.4 Å². The van der Waals surface area contributed by atoms with Gasteiger partial charge in [-0.25, -0.2) is 4.79 Å². The van der Waals surface area contributed by atoms with Crippen LogP contribution in [0.15, 0.2) is 5.11 Å². The first-order valence-corrected chi connectivity index (χ1v) is 4.19. The molecule has 2 N–H and O–H groups in total. The summed E-state index contributed by atoms with van der Waals surface area (Å²) in [6.45, 7) is 0.177. The van der Waals surface area contributed by atoms with E-state index in [0.717, 1.165) is 19.3 Å². The molecule has 0 heterocycles. The molecule has 1 aliphatic rings. The van der Waals surface area contributed by atoms with E-state index in [1.807, 2.05) is 0 Å². The lowest BCUT2D eigenvalue weighted by Crippen LogP contribution is -2.25. The van der Waals surface area contributed by atoms with Crippen molar-refractivity contribution in [3.8, 4) is 0 Å². The summed E-state index contributed by atoms with van der Waals surface area (Å²) < 4.78 is 4.78. The summed E-state index contributed by atoms with van der Waals surface area (Å²) >= 11 is 0. The van der Waals surface area contributed by atoms with E-state index in [-0.39, 0.29) is 12.6 Å². The van der Waals surface area contributed by atoms with Gasteiger partial charge in [0, 0.05) is 4.91 Å². The van der Waals surface area contributed by atoms with E-state index < -0.39 is 6.09 Å². The monoisotopic (exact) mass is 184 g/mol. The molecular weight excluding hydrogens is 172 g/mol. The van der Waals surface area contributed by atoms with Gasteiger partial charge in [-0.15, -0.1) is 0 Å². The van der Waals surface area contributed by atoms with Crippen LogP contribution in [0.1, 0.15) is 19.3 Å². The Labute approximate surface area is 75.7 Å². The maximum Gasteiger partial charge on any atom is 0.404 e. The molecule has 6 heteroatoms. The van der Waals surface area contributed by atoms with Crippen molar-refractivity contribution in [2.75, 3.05) is 6.54 Å². The maximum absolute atomic E-state index is 10.4. The van der Waals surface area contributed by atoms with Crippen molar-refractivity contribution in [1.29, 1.82) is 0 Å². The third kappa shape index (κ3) is 4.22. The van der Waals surface area contributed by atoms with Gasteiger partial charge in [0.05, 0.1) is 6.54 Å². The fourth-order valence-electron chi connectivity index (χ4n) is 1.18. The normalized spacial score (nSPS) is 17.2. The Bertz CT molecular complexity index is 229. The van der Waals surface area contributed by atoms with Crippen LogP contribution >= 0.6 is 0 Å². The topological polar surface area (TPSA) is 101 Å². The minimum absolute atomic E-state index is 0.177. The molecular formula is C7H12N4O2. The van der Waals surface area contributed by atoms with Gasteiger partial charge in [-0.05, 0) is 17.9 Å². The number of nitrogens with zero attached hydrogens (tertiary/aromatic N) is 3. The molecule has 1 rings (SSSR count). The van der Waals surface area contributed by atoms with Crippen molar-refractivity contribution in [3.63, 3.8) is 0 Å². The molecule has 0 radical (unpaired) electrons. The number of carbonyl (C=O) groups is 1. The van der Waals surface area contributed by atoms with Gasteiger partial charge in [0.15, 0.2) is 0 Å². The quantitative estimate of drug-likeness (QED) is 0.398. The SMILES string of the molecule is [N-]=[N+]=NCC(CC1CC1)OC(N)=O. The van der Waals surface area contributed by atoms with Crippen molar-refractivity contribution in [1.82, 2.24) is 0 Å². The third-order valence-electron chi connectivity index (χ3n) is 1.92. The molecule has 0 bridgehead atoms. The largest absolute Gasteiger partial charge is 0.446 e. The van der Waals surface area contributed by atoms with Crippen LogP contribution in [-0.2, 0) is 4.74 Å². The van der Waals surface area contributed by atoms with Crippen molar-refractivity contribution < 1.29 is 9.53 Å². The highest BCUT2D eigenvalue weighted by Crippen LogP contribution is 2.34. The average molecular weight is 184 g/mol. The smallest absolute Gasteiger partial charge is 0.404 e. The molecule has 0 spiro atoms. The molecule has 0 aliphatic heterocycles. The molecule has 1 aliphatic carbocycles. The Morgan fingerprint density at radius 1 is 1.77 bits per heavy atom. The van der Waals surface area contributed by atoms with Crippen molar-refractivity contribution >= 4 is 6.09 Å². The van der Waals surface area contributed by atoms with Gasteiger partial charge in [-0.1, -0.05) is 18.0 Å². The Hall–Kier alpha value is -1.42. The van der Waals surface area contributed by atoms with E-state index in [1.165, 1.54) is 0 Å². The zero-order valence-corrected chi connectivity index (χ0v) is 7.22. The van der Waals surface area contributed by atoms with Crippen LogP contribution in [-0.4, -0.2) is 18.7 Å². The first kappa shape index (κ1) is 9.67. The molecule has 72 valence electrons. The van der Waals surface area contributed by atoms with Crippen LogP contribution in [0, 0.1) is 5.92 Å². The van der Waals surface area contributed by atoms with Crippen molar-refractivity contribution in [2.24, 2.45) is 16.8 Å². The van der Waals surface area contributed by atoms with E-state index >= 15 is 0 Å². The molecule has 13 heavy (non-hydrogen) atoms. The summed E-state index contributed by atoms with van der Waals surface area (Å²) in [5.41, 5.74) is 13.0. The Morgan fingerprint density at radius 3 is 2.92 bits per heavy atom. The Morgan fingerprint density at radius 2 is 2.46 bits per heavy atom. The number of amides is 1. The zero-order chi connectivity index (χ0) is 9.68. The fraction of sp³-hybridized carbons (Fsp3) is 0.857. The van der Waals surface area contributed by atoms with Crippen molar-refractivity contribution in [2.45, 2.75) is 25.4 Å². The van der Waals surface area contributed by atoms with Crippen LogP contribution < -0.4 is 5.73 Å². The number of azide groups is 1. The number of ether oxygens (including phenoxy) is 1. The van der Waals surface area contributed by atoms with Gasteiger partial charge in [0.2, 0.25) is 0 Å². The second-order valence-corrected chi connectivity index (χ2v) is 3.15. The summed E-state index contributed by atoms with van der Waals surface area (Å²) in [6.07, 6.45) is 1.92. The minimum atomic E-state index is -0.807. The van der Waals surface area contributed by atoms with Gasteiger partial charge in [0.1, 0.15) is 6.10 Å². The predicted octanol–water partition coefficient (Wildman–Crippen LogP) is 1.56. The lowest BCUT2D eigenvalue weighted by atomic mass is 10.2. The van der Waals surface area contributed by atoms with Crippen LogP contribution in [0.2, 0.25) is 0 Å². The first-order valence-electron chi connectivity index (χ1n) is 4.19. The summed E-state index contributed by atoms with van der Waals surface area (Å²) in [5.74, 6) is 0.609. The van der Waals surface area contributed by atoms with Crippen LogP contribution in [0.5, 0.6) is 0 Å². The predicted molar refractivity (Wildman–Crippen MR) is 45.8 cm³/mol. The lowest BCUT2D eigenvalue weighted by molar-refractivity contribution is 0.102. The molecule has 0 aromatic rings. The molecule has 6 nitrogen and oxygen atoms in total. The van der Waals surface area contributed by atoms with E-state index in [0.29, 0.717) is 5.92 Å². The van der Waals surface area contributed by atoms with Gasteiger partial charge in [-0.2, -0.15) is 0 Å². The van der Waals surface area contributed by atoms with Gasteiger partial charge < -0.3 is 10.5 Å². The van der Waals surface area contributed by atoms with E-state index in [1.54, 1.807) is 0 Å². The van der Waals surface area contributed by atoms with Crippen LogP contribution in [0.4, 0.5) is 4.79 Å². The molecule has 1 atom stereocenters. The summed E-state index contributed by atoms with van der Waals surface area (Å²) in [5, 5.41) is 3.35. The molecule has 0 saturated heterocycles. The number of nitrogens with two attached hydrogens (primary N) is 1. The number of carbonyl (C=O) groups excluding carboxylic acids is 1. The van der Waals surface area contributed by atoms with Gasteiger partial charge in [0.25, 0.3) is 0 Å². The highest BCUT2D eigenvalue weighted by atomic mass is 16.6. The number of hydrogen-bond acceptors (Lipinski definition) is 3. The van der Waals surface area contributed by atoms with E-state index in [9.17, 15) is 4.79 Å². The van der Waals surface area contributed by atoms with Gasteiger partial charge in [-0.3, -0.25) is 0 Å². The Balaban J connectivity index is 2.31. The average Bonchev–Trinajstić information content (AvgIpc) is 2.83. The second kappa shape index (κ2) is 4.57. The lowest BCUT2D eigenvalue weighted by Gasteiger charge is -2.12. The standard InChI is InChI=1S/C7H12N4O2/c8-7(12)13-6(4-10-11-9)3-5-1-2-5/h5-6H,1-4H2,(H2,8,12). The molecule has 1 fully saturated rings. The molecule has 0 aromatic carbocycles. The molecule has 1 unspecified atom stereocenters. The fourth-order valence-corrected chi connectivity index (χ4v) is 1.18. The zero-order valence-electron chi connectivity index (χ0n) is 7.22. The van der Waals surface area contributed by atoms with E-state index in [4.69, 9.17) is 16.0 Å². The Kier molecular flexibility index (Phi) is 3.40. The summed E-state index contributed by atoms with van der Waals surface area (Å²) in [6, 6.07) is 0. The van der Waals surface area contributed by atoms with Crippen LogP contribution in [0.3, 0.4) is 0 Å².